The van der Waals surface area contributed by atoms with Gasteiger partial charge in [-0.05, 0) is 48.4 Å². The molecule has 3 N–H and O–H groups in total. The number of ether oxygens (including phenoxy) is 1. The molecule has 3 aromatic rings. The van der Waals surface area contributed by atoms with Crippen molar-refractivity contribution >= 4 is 44.7 Å². The van der Waals surface area contributed by atoms with Gasteiger partial charge in [0, 0.05) is 56.0 Å². The van der Waals surface area contributed by atoms with Crippen molar-refractivity contribution < 1.29 is 17.9 Å². The van der Waals surface area contributed by atoms with Crippen LogP contribution in [-0.2, 0) is 21.1 Å². The van der Waals surface area contributed by atoms with E-state index in [1.807, 2.05) is 55.5 Å². The molecule has 2 aliphatic rings. The first-order chi connectivity index (χ1) is 18.8. The Morgan fingerprint density at radius 1 is 0.949 bits per heavy atom. The Kier molecular flexibility index (Phi) is 8.24. The third-order valence-corrected chi connectivity index (χ3v) is 8.38. The Morgan fingerprint density at radius 2 is 1.64 bits per heavy atom. The molecule has 11 nitrogen and oxygen atoms in total. The lowest BCUT2D eigenvalue weighted by atomic mass is 10.2. The van der Waals surface area contributed by atoms with Gasteiger partial charge < -0.3 is 25.6 Å². The van der Waals surface area contributed by atoms with Crippen LogP contribution in [0.15, 0.2) is 54.7 Å². The van der Waals surface area contributed by atoms with Gasteiger partial charge in [0.25, 0.3) is 0 Å². The molecule has 0 radical (unpaired) electrons. The summed E-state index contributed by atoms with van der Waals surface area (Å²) in [5, 5.41) is 9.00. The first-order valence-electron chi connectivity index (χ1n) is 13.0. The fraction of sp³-hybridized carbons (Fsp3) is 0.370. The van der Waals surface area contributed by atoms with Crippen LogP contribution < -0.4 is 20.9 Å². The van der Waals surface area contributed by atoms with Gasteiger partial charge in [0.2, 0.25) is 5.95 Å². The van der Waals surface area contributed by atoms with Crippen molar-refractivity contribution in [3.05, 3.63) is 65.9 Å². The van der Waals surface area contributed by atoms with Crippen LogP contribution >= 0.6 is 0 Å². The number of sulfone groups is 1. The Morgan fingerprint density at radius 3 is 2.38 bits per heavy atom. The van der Waals surface area contributed by atoms with Crippen molar-refractivity contribution in [1.29, 1.82) is 0 Å². The molecule has 2 amide bonds. The predicted octanol–water partition coefficient (Wildman–Crippen LogP) is 3.24. The van der Waals surface area contributed by atoms with Crippen LogP contribution in [0.3, 0.4) is 0 Å². The monoisotopic (exact) mass is 551 g/mol. The largest absolute Gasteiger partial charge is 0.378 e. The van der Waals surface area contributed by atoms with Crippen LogP contribution in [0, 0.1) is 6.92 Å². The fourth-order valence-electron chi connectivity index (χ4n) is 4.49. The molecule has 0 saturated carbocycles. The molecule has 2 fully saturated rings. The number of carbonyl (C=O) groups excluding carboxylic acids is 1. The maximum absolute atomic E-state index is 12.7. The van der Waals surface area contributed by atoms with Gasteiger partial charge in [0.1, 0.15) is 5.82 Å². The highest BCUT2D eigenvalue weighted by molar-refractivity contribution is 7.91. The summed E-state index contributed by atoms with van der Waals surface area (Å²) in [6.07, 6.45) is 1.73. The van der Waals surface area contributed by atoms with Crippen LogP contribution in [0.4, 0.5) is 33.6 Å². The molecule has 0 unspecified atom stereocenters. The molecule has 2 saturated heterocycles. The van der Waals surface area contributed by atoms with E-state index in [-0.39, 0.29) is 17.5 Å². The molecule has 0 bridgehead atoms. The number of amides is 2. The molecule has 5 rings (SSSR count). The topological polar surface area (TPSA) is 129 Å². The Labute approximate surface area is 228 Å². The normalized spacial score (nSPS) is 17.4. The average molecular weight is 552 g/mol. The SMILES string of the molecule is Cc1ccc(NC(=O)Nc2ccc(CN3CCS(=O)(=O)CC3)cc2)cc1Nc1nccc(N2CCOCC2)n1. The lowest BCUT2D eigenvalue weighted by molar-refractivity contribution is 0.122. The number of rotatable bonds is 7. The molecule has 1 aromatic heterocycles. The molecule has 12 heteroatoms. The zero-order valence-corrected chi connectivity index (χ0v) is 22.7. The minimum absolute atomic E-state index is 0.205. The second-order valence-corrected chi connectivity index (χ2v) is 12.0. The highest BCUT2D eigenvalue weighted by atomic mass is 32.2. The van der Waals surface area contributed by atoms with Crippen LogP contribution in [0.1, 0.15) is 11.1 Å². The number of aromatic nitrogens is 2. The number of anilines is 5. The summed E-state index contributed by atoms with van der Waals surface area (Å²) in [6, 6.07) is 14.7. The lowest BCUT2D eigenvalue weighted by Crippen LogP contribution is -2.39. The molecule has 206 valence electrons. The molecule has 2 aromatic carbocycles. The number of nitrogens with zero attached hydrogens (tertiary/aromatic N) is 4. The summed E-state index contributed by atoms with van der Waals surface area (Å²) in [4.78, 5) is 26.0. The number of hydrogen-bond donors (Lipinski definition) is 3. The smallest absolute Gasteiger partial charge is 0.323 e. The van der Waals surface area contributed by atoms with Gasteiger partial charge in [-0.3, -0.25) is 4.90 Å². The molecular formula is C27H33N7O4S. The minimum atomic E-state index is -2.89. The summed E-state index contributed by atoms with van der Waals surface area (Å²) >= 11 is 0. The first-order valence-corrected chi connectivity index (χ1v) is 14.8. The maximum atomic E-state index is 12.7. The number of nitrogens with one attached hydrogen (secondary N) is 3. The van der Waals surface area contributed by atoms with E-state index in [1.165, 1.54) is 0 Å². The highest BCUT2D eigenvalue weighted by Gasteiger charge is 2.21. The van der Waals surface area contributed by atoms with Gasteiger partial charge in [-0.2, -0.15) is 4.98 Å². The number of morpholine rings is 1. The van der Waals surface area contributed by atoms with Crippen LogP contribution in [0.5, 0.6) is 0 Å². The highest BCUT2D eigenvalue weighted by Crippen LogP contribution is 2.24. The standard InChI is InChI=1S/C27H33N7O4S/c1-20-2-5-23(18-24(20)31-26-28-9-8-25(32-26)34-10-14-38-15-11-34)30-27(35)29-22-6-3-21(4-7-22)19-33-12-16-39(36,37)17-13-33/h2-9,18H,10-17,19H2,1H3,(H,28,31,32)(H2,29,30,35). The number of hydrogen-bond acceptors (Lipinski definition) is 9. The fourth-order valence-corrected chi connectivity index (χ4v) is 5.76. The lowest BCUT2D eigenvalue weighted by Gasteiger charge is -2.27. The van der Waals surface area contributed by atoms with Crippen molar-refractivity contribution in [2.24, 2.45) is 0 Å². The summed E-state index contributed by atoms with van der Waals surface area (Å²) < 4.78 is 28.7. The predicted molar refractivity (Wildman–Crippen MR) is 153 cm³/mol. The molecule has 0 atom stereocenters. The Bertz CT molecular complexity index is 1400. The van der Waals surface area contributed by atoms with Crippen molar-refractivity contribution in [2.75, 3.05) is 71.7 Å². The Hall–Kier alpha value is -3.74. The molecule has 39 heavy (non-hydrogen) atoms. The second-order valence-electron chi connectivity index (χ2n) is 9.70. The quantitative estimate of drug-likeness (QED) is 0.405. The molecule has 0 aliphatic carbocycles. The summed E-state index contributed by atoms with van der Waals surface area (Å²) in [6.45, 7) is 6.68. The number of carbonyl (C=O) groups is 1. The van der Waals surface area contributed by atoms with Crippen LogP contribution in [0.25, 0.3) is 0 Å². The van der Waals surface area contributed by atoms with Crippen molar-refractivity contribution in [2.45, 2.75) is 13.5 Å². The molecular weight excluding hydrogens is 518 g/mol. The summed E-state index contributed by atoms with van der Waals surface area (Å²) in [7, 11) is -2.89. The van der Waals surface area contributed by atoms with E-state index in [1.54, 1.807) is 6.20 Å². The van der Waals surface area contributed by atoms with Crippen molar-refractivity contribution in [3.63, 3.8) is 0 Å². The minimum Gasteiger partial charge on any atom is -0.378 e. The van der Waals surface area contributed by atoms with Crippen molar-refractivity contribution in [1.82, 2.24) is 14.9 Å². The first kappa shape index (κ1) is 26.9. The molecule has 2 aliphatic heterocycles. The van der Waals surface area contributed by atoms with E-state index < -0.39 is 9.84 Å². The molecule has 3 heterocycles. The van der Waals surface area contributed by atoms with E-state index in [2.05, 4.69) is 35.7 Å². The van der Waals surface area contributed by atoms with Crippen molar-refractivity contribution in [3.8, 4) is 0 Å². The van der Waals surface area contributed by atoms with E-state index in [0.717, 1.165) is 35.7 Å². The van der Waals surface area contributed by atoms with Gasteiger partial charge in [0.15, 0.2) is 9.84 Å². The molecule has 0 spiro atoms. The summed E-state index contributed by atoms with van der Waals surface area (Å²) in [5.41, 5.74) is 4.14. The van der Waals surface area contributed by atoms with E-state index in [9.17, 15) is 13.2 Å². The van der Waals surface area contributed by atoms with Gasteiger partial charge in [-0.25, -0.2) is 18.2 Å². The van der Waals surface area contributed by atoms with E-state index in [0.29, 0.717) is 50.2 Å². The summed E-state index contributed by atoms with van der Waals surface area (Å²) in [5.74, 6) is 1.74. The van der Waals surface area contributed by atoms with Crippen LogP contribution in [0.2, 0.25) is 0 Å². The van der Waals surface area contributed by atoms with Gasteiger partial charge in [0.05, 0.1) is 24.7 Å². The second kappa shape index (κ2) is 12.0. The van der Waals surface area contributed by atoms with Gasteiger partial charge >= 0.3 is 6.03 Å². The van der Waals surface area contributed by atoms with Gasteiger partial charge in [-0.15, -0.1) is 0 Å². The van der Waals surface area contributed by atoms with Crippen LogP contribution in [-0.4, -0.2) is 80.2 Å². The van der Waals surface area contributed by atoms with E-state index in [4.69, 9.17) is 4.74 Å². The third-order valence-electron chi connectivity index (χ3n) is 6.77. The average Bonchev–Trinajstić information content (AvgIpc) is 2.93. The Balaban J connectivity index is 1.16. The maximum Gasteiger partial charge on any atom is 0.323 e. The zero-order valence-electron chi connectivity index (χ0n) is 21.9. The van der Waals surface area contributed by atoms with E-state index >= 15 is 0 Å². The number of benzene rings is 2. The third kappa shape index (κ3) is 7.43. The number of urea groups is 1. The van der Waals surface area contributed by atoms with Gasteiger partial charge in [-0.1, -0.05) is 18.2 Å². The zero-order chi connectivity index (χ0) is 27.2. The number of aryl methyl sites for hydroxylation is 1.